The van der Waals surface area contributed by atoms with Crippen molar-refractivity contribution < 1.29 is 13.9 Å². The number of methoxy groups -OCH3 is 1. The largest absolute Gasteiger partial charge is 0.493 e. The Labute approximate surface area is 144 Å². The van der Waals surface area contributed by atoms with Crippen LogP contribution < -0.4 is 14.8 Å². The Morgan fingerprint density at radius 1 is 1.12 bits per heavy atom. The number of furan rings is 1. The summed E-state index contributed by atoms with van der Waals surface area (Å²) in [5, 5.41) is 3.37. The Hall–Kier alpha value is -2.20. The van der Waals surface area contributed by atoms with Crippen LogP contribution in [0, 0.1) is 0 Å². The molecular formula is C20H27NO3. The standard InChI is InChI=1S/C20H27NO3/c1-3-8-17-10-11-19(20(15-17)22-2)24-13-6-4-5-12-21-16-18-9-7-14-23-18/h3,7-11,14-15,21H,4-6,12-13,16H2,1-2H3/b8-3+. The second-order valence-corrected chi connectivity index (χ2v) is 5.58. The van der Waals surface area contributed by atoms with Gasteiger partial charge in [-0.05, 0) is 62.6 Å². The number of unbranched alkanes of at least 4 members (excludes halogenated alkanes) is 2. The maximum absolute atomic E-state index is 5.84. The third-order valence-electron chi connectivity index (χ3n) is 3.68. The number of benzene rings is 1. The molecule has 0 atom stereocenters. The average Bonchev–Trinajstić information content (AvgIpc) is 3.11. The Kier molecular flexibility index (Phi) is 7.98. The van der Waals surface area contributed by atoms with E-state index in [2.05, 4.69) is 5.32 Å². The third kappa shape index (κ3) is 6.13. The first-order valence-corrected chi connectivity index (χ1v) is 8.50. The van der Waals surface area contributed by atoms with Gasteiger partial charge in [0.1, 0.15) is 5.76 Å². The molecule has 2 aromatic rings. The summed E-state index contributed by atoms with van der Waals surface area (Å²) in [7, 11) is 1.67. The lowest BCUT2D eigenvalue weighted by atomic mass is 10.2. The van der Waals surface area contributed by atoms with Crippen LogP contribution in [-0.4, -0.2) is 20.3 Å². The van der Waals surface area contributed by atoms with E-state index in [9.17, 15) is 0 Å². The summed E-state index contributed by atoms with van der Waals surface area (Å²) < 4.78 is 16.5. The highest BCUT2D eigenvalue weighted by Gasteiger charge is 2.04. The molecule has 0 spiro atoms. The van der Waals surface area contributed by atoms with E-state index in [1.165, 1.54) is 0 Å². The van der Waals surface area contributed by atoms with Gasteiger partial charge in [-0.25, -0.2) is 0 Å². The first-order valence-electron chi connectivity index (χ1n) is 8.50. The van der Waals surface area contributed by atoms with Crippen LogP contribution in [0.15, 0.2) is 47.1 Å². The summed E-state index contributed by atoms with van der Waals surface area (Å²) in [6, 6.07) is 9.90. The minimum Gasteiger partial charge on any atom is -0.493 e. The highest BCUT2D eigenvalue weighted by molar-refractivity contribution is 5.55. The van der Waals surface area contributed by atoms with Gasteiger partial charge < -0.3 is 19.2 Å². The van der Waals surface area contributed by atoms with Crippen molar-refractivity contribution in [3.8, 4) is 11.5 Å². The van der Waals surface area contributed by atoms with E-state index in [1.807, 2.05) is 49.4 Å². The van der Waals surface area contributed by atoms with Crippen LogP contribution in [0.5, 0.6) is 11.5 Å². The number of allylic oxidation sites excluding steroid dienone is 1. The quantitative estimate of drug-likeness (QED) is 0.609. The fourth-order valence-corrected chi connectivity index (χ4v) is 2.44. The van der Waals surface area contributed by atoms with Crippen molar-refractivity contribution in [2.75, 3.05) is 20.3 Å². The van der Waals surface area contributed by atoms with Crippen LogP contribution in [0.2, 0.25) is 0 Å². The van der Waals surface area contributed by atoms with Crippen molar-refractivity contribution in [1.82, 2.24) is 5.32 Å². The van der Waals surface area contributed by atoms with Crippen molar-refractivity contribution >= 4 is 6.08 Å². The van der Waals surface area contributed by atoms with Gasteiger partial charge in [0.15, 0.2) is 11.5 Å². The van der Waals surface area contributed by atoms with E-state index in [0.717, 1.165) is 55.2 Å². The summed E-state index contributed by atoms with van der Waals surface area (Å²) in [5.41, 5.74) is 1.12. The van der Waals surface area contributed by atoms with E-state index in [0.29, 0.717) is 6.61 Å². The number of hydrogen-bond donors (Lipinski definition) is 1. The molecule has 4 heteroatoms. The molecule has 0 radical (unpaired) electrons. The molecule has 0 aliphatic heterocycles. The molecule has 0 saturated carbocycles. The lowest BCUT2D eigenvalue weighted by molar-refractivity contribution is 0.285. The number of ether oxygens (including phenoxy) is 2. The molecule has 1 aromatic carbocycles. The Bertz CT molecular complexity index is 605. The van der Waals surface area contributed by atoms with E-state index in [-0.39, 0.29) is 0 Å². The van der Waals surface area contributed by atoms with Gasteiger partial charge in [-0.1, -0.05) is 18.2 Å². The zero-order chi connectivity index (χ0) is 17.0. The van der Waals surface area contributed by atoms with Gasteiger partial charge in [0, 0.05) is 0 Å². The van der Waals surface area contributed by atoms with Gasteiger partial charge in [0.2, 0.25) is 0 Å². The SMILES string of the molecule is C/C=C/c1ccc(OCCCCCNCc2ccco2)c(OC)c1. The molecule has 2 rings (SSSR count). The summed E-state index contributed by atoms with van der Waals surface area (Å²) in [6.07, 6.45) is 9.04. The molecule has 24 heavy (non-hydrogen) atoms. The first-order chi connectivity index (χ1) is 11.8. The molecule has 0 saturated heterocycles. The van der Waals surface area contributed by atoms with Crippen molar-refractivity contribution in [1.29, 1.82) is 0 Å². The van der Waals surface area contributed by atoms with Gasteiger partial charge in [0.25, 0.3) is 0 Å². The molecule has 4 nitrogen and oxygen atoms in total. The van der Waals surface area contributed by atoms with Gasteiger partial charge in [0.05, 0.1) is 26.5 Å². The molecule has 1 aromatic heterocycles. The van der Waals surface area contributed by atoms with Crippen LogP contribution in [0.1, 0.15) is 37.5 Å². The van der Waals surface area contributed by atoms with E-state index >= 15 is 0 Å². The minimum atomic E-state index is 0.706. The van der Waals surface area contributed by atoms with Crippen molar-refractivity contribution in [3.63, 3.8) is 0 Å². The molecule has 130 valence electrons. The van der Waals surface area contributed by atoms with Gasteiger partial charge in [-0.15, -0.1) is 0 Å². The maximum Gasteiger partial charge on any atom is 0.161 e. The summed E-state index contributed by atoms with van der Waals surface area (Å²) in [4.78, 5) is 0. The molecule has 1 N–H and O–H groups in total. The number of nitrogens with one attached hydrogen (secondary N) is 1. The van der Waals surface area contributed by atoms with E-state index in [4.69, 9.17) is 13.9 Å². The molecule has 1 heterocycles. The van der Waals surface area contributed by atoms with E-state index in [1.54, 1.807) is 13.4 Å². The van der Waals surface area contributed by atoms with Crippen molar-refractivity contribution in [2.45, 2.75) is 32.7 Å². The highest BCUT2D eigenvalue weighted by atomic mass is 16.5. The molecule has 0 aliphatic rings. The van der Waals surface area contributed by atoms with Crippen LogP contribution in [0.25, 0.3) is 6.08 Å². The minimum absolute atomic E-state index is 0.706. The van der Waals surface area contributed by atoms with Crippen LogP contribution in [0.4, 0.5) is 0 Å². The molecular weight excluding hydrogens is 302 g/mol. The Morgan fingerprint density at radius 2 is 2.04 bits per heavy atom. The molecule has 0 fully saturated rings. The highest BCUT2D eigenvalue weighted by Crippen LogP contribution is 2.28. The van der Waals surface area contributed by atoms with Gasteiger partial charge >= 0.3 is 0 Å². The summed E-state index contributed by atoms with van der Waals surface area (Å²) >= 11 is 0. The summed E-state index contributed by atoms with van der Waals surface area (Å²) in [6.45, 7) is 4.49. The summed E-state index contributed by atoms with van der Waals surface area (Å²) in [5.74, 6) is 2.57. The zero-order valence-corrected chi connectivity index (χ0v) is 14.6. The molecule has 0 aliphatic carbocycles. The Balaban J connectivity index is 1.60. The lowest BCUT2D eigenvalue weighted by Gasteiger charge is -2.11. The monoisotopic (exact) mass is 329 g/mol. The maximum atomic E-state index is 5.84. The number of hydrogen-bond acceptors (Lipinski definition) is 4. The second-order valence-electron chi connectivity index (χ2n) is 5.58. The fraction of sp³-hybridized carbons (Fsp3) is 0.400. The van der Waals surface area contributed by atoms with E-state index < -0.39 is 0 Å². The smallest absolute Gasteiger partial charge is 0.161 e. The van der Waals surface area contributed by atoms with Crippen LogP contribution in [-0.2, 0) is 6.54 Å². The third-order valence-corrected chi connectivity index (χ3v) is 3.68. The number of rotatable bonds is 11. The molecule has 0 amide bonds. The molecule has 0 unspecified atom stereocenters. The van der Waals surface area contributed by atoms with Gasteiger partial charge in [-0.3, -0.25) is 0 Å². The zero-order valence-electron chi connectivity index (χ0n) is 14.6. The fourth-order valence-electron chi connectivity index (χ4n) is 2.44. The van der Waals surface area contributed by atoms with Crippen LogP contribution >= 0.6 is 0 Å². The molecule has 0 bridgehead atoms. The second kappa shape index (κ2) is 10.6. The normalized spacial score (nSPS) is 11.1. The predicted molar refractivity (Wildman–Crippen MR) is 97.5 cm³/mol. The lowest BCUT2D eigenvalue weighted by Crippen LogP contribution is -2.14. The van der Waals surface area contributed by atoms with Crippen LogP contribution in [0.3, 0.4) is 0 Å². The Morgan fingerprint density at radius 3 is 2.79 bits per heavy atom. The van der Waals surface area contributed by atoms with Crippen molar-refractivity contribution in [2.24, 2.45) is 0 Å². The topological polar surface area (TPSA) is 43.6 Å². The first kappa shape index (κ1) is 18.1. The average molecular weight is 329 g/mol. The van der Waals surface area contributed by atoms with Gasteiger partial charge in [-0.2, -0.15) is 0 Å². The van der Waals surface area contributed by atoms with Crippen molar-refractivity contribution in [3.05, 3.63) is 54.0 Å². The predicted octanol–water partition coefficient (Wildman–Crippen LogP) is 4.66.